The molecule has 2 rings (SSSR count). The predicted octanol–water partition coefficient (Wildman–Crippen LogP) is 1.88. The van der Waals surface area contributed by atoms with Crippen molar-refractivity contribution in [2.24, 2.45) is 0 Å². The lowest BCUT2D eigenvalue weighted by molar-refractivity contribution is 0.562. The molecule has 1 aromatic heterocycles. The summed E-state index contributed by atoms with van der Waals surface area (Å²) in [4.78, 5) is 0. The summed E-state index contributed by atoms with van der Waals surface area (Å²) in [6.45, 7) is 3.47. The molecule has 0 amide bonds. The summed E-state index contributed by atoms with van der Waals surface area (Å²) in [5.74, 6) is 0. The lowest BCUT2D eigenvalue weighted by atomic mass is 10.3. The molecule has 17 heavy (non-hydrogen) atoms. The minimum Gasteiger partial charge on any atom is -0.315 e. The van der Waals surface area contributed by atoms with Gasteiger partial charge in [0.1, 0.15) is 4.21 Å². The summed E-state index contributed by atoms with van der Waals surface area (Å²) in [6.07, 6.45) is 0.852. The molecule has 1 aromatic rings. The van der Waals surface area contributed by atoms with E-state index in [2.05, 4.69) is 26.0 Å². The maximum absolute atomic E-state index is 12.0. The van der Waals surface area contributed by atoms with Crippen molar-refractivity contribution in [2.45, 2.75) is 23.6 Å². The van der Waals surface area contributed by atoms with E-state index in [0.29, 0.717) is 10.8 Å². The van der Waals surface area contributed by atoms with E-state index < -0.39 is 10.0 Å². The average molecular weight is 362 g/mol. The molecule has 8 heteroatoms. The molecule has 98 valence electrons. The zero-order valence-corrected chi connectivity index (χ0v) is 13.2. The summed E-state index contributed by atoms with van der Waals surface area (Å²) in [7, 11) is -3.35. The standard InChI is InChI=1S/C9H13BrN2O2S2.ClH/c1-6-4-8(15-9(6)10)16(13,14)12-7-2-3-11-5-7;/h4,7,11-12H,2-3,5H2,1H3;1H. The van der Waals surface area contributed by atoms with Crippen molar-refractivity contribution in [1.29, 1.82) is 0 Å². The highest BCUT2D eigenvalue weighted by Gasteiger charge is 2.24. The Morgan fingerprint density at radius 1 is 1.59 bits per heavy atom. The molecule has 1 saturated heterocycles. The Balaban J connectivity index is 0.00000144. The van der Waals surface area contributed by atoms with Crippen molar-refractivity contribution in [3.63, 3.8) is 0 Å². The van der Waals surface area contributed by atoms with Crippen LogP contribution in [-0.4, -0.2) is 27.5 Å². The van der Waals surface area contributed by atoms with Gasteiger partial charge in [-0.05, 0) is 47.4 Å². The van der Waals surface area contributed by atoms with Gasteiger partial charge in [-0.25, -0.2) is 13.1 Å². The first-order valence-corrected chi connectivity index (χ1v) is 8.07. The Morgan fingerprint density at radius 3 is 2.76 bits per heavy atom. The van der Waals surface area contributed by atoms with Crippen molar-refractivity contribution in [3.8, 4) is 0 Å². The van der Waals surface area contributed by atoms with Crippen LogP contribution < -0.4 is 10.0 Å². The predicted molar refractivity (Wildman–Crippen MR) is 75.6 cm³/mol. The molecule has 0 aliphatic carbocycles. The van der Waals surface area contributed by atoms with Gasteiger partial charge in [0.25, 0.3) is 0 Å². The molecule has 0 aromatic carbocycles. The van der Waals surface area contributed by atoms with Gasteiger partial charge in [-0.15, -0.1) is 23.7 Å². The van der Waals surface area contributed by atoms with Crippen LogP contribution in [0, 0.1) is 6.92 Å². The van der Waals surface area contributed by atoms with Crippen molar-refractivity contribution < 1.29 is 8.42 Å². The second-order valence-electron chi connectivity index (χ2n) is 3.83. The van der Waals surface area contributed by atoms with E-state index in [1.165, 1.54) is 11.3 Å². The van der Waals surface area contributed by atoms with Gasteiger partial charge in [-0.3, -0.25) is 0 Å². The summed E-state index contributed by atoms with van der Waals surface area (Å²) >= 11 is 4.59. The Bertz CT molecular complexity index is 464. The smallest absolute Gasteiger partial charge is 0.250 e. The minimum absolute atomic E-state index is 0. The number of nitrogens with one attached hydrogen (secondary N) is 2. The van der Waals surface area contributed by atoms with E-state index in [4.69, 9.17) is 0 Å². The van der Waals surface area contributed by atoms with Crippen LogP contribution in [0.25, 0.3) is 0 Å². The Morgan fingerprint density at radius 2 is 2.29 bits per heavy atom. The summed E-state index contributed by atoms with van der Waals surface area (Å²) in [6, 6.07) is 1.71. The second-order valence-corrected chi connectivity index (χ2v) is 8.14. The zero-order chi connectivity index (χ0) is 11.8. The number of sulfonamides is 1. The Hall–Kier alpha value is 0.340. The Labute approximate surface area is 120 Å². The van der Waals surface area contributed by atoms with E-state index in [1.807, 2.05) is 6.92 Å². The quantitative estimate of drug-likeness (QED) is 0.864. The topological polar surface area (TPSA) is 58.2 Å². The number of thiophene rings is 1. The summed E-state index contributed by atoms with van der Waals surface area (Å²) in [5, 5.41) is 3.13. The molecule has 0 bridgehead atoms. The van der Waals surface area contributed by atoms with Crippen LogP contribution in [0.2, 0.25) is 0 Å². The van der Waals surface area contributed by atoms with Crippen molar-refractivity contribution >= 4 is 49.7 Å². The highest BCUT2D eigenvalue weighted by molar-refractivity contribution is 9.11. The van der Waals surface area contributed by atoms with E-state index in [0.717, 1.165) is 22.3 Å². The molecule has 1 fully saturated rings. The molecule has 1 aliphatic rings. The molecule has 1 unspecified atom stereocenters. The van der Waals surface area contributed by atoms with Crippen LogP contribution >= 0.6 is 39.7 Å². The van der Waals surface area contributed by atoms with Gasteiger partial charge in [-0.1, -0.05) is 0 Å². The van der Waals surface area contributed by atoms with E-state index in [1.54, 1.807) is 6.07 Å². The van der Waals surface area contributed by atoms with Crippen LogP contribution in [0.5, 0.6) is 0 Å². The second kappa shape index (κ2) is 5.99. The molecule has 0 radical (unpaired) electrons. The lowest BCUT2D eigenvalue weighted by Gasteiger charge is -2.10. The highest BCUT2D eigenvalue weighted by atomic mass is 79.9. The summed E-state index contributed by atoms with van der Waals surface area (Å²) < 4.78 is 28.0. The summed E-state index contributed by atoms with van der Waals surface area (Å²) in [5.41, 5.74) is 0.954. The lowest BCUT2D eigenvalue weighted by Crippen LogP contribution is -2.35. The van der Waals surface area contributed by atoms with E-state index >= 15 is 0 Å². The van der Waals surface area contributed by atoms with Gasteiger partial charge in [0.15, 0.2) is 0 Å². The van der Waals surface area contributed by atoms with Gasteiger partial charge >= 0.3 is 0 Å². The third-order valence-corrected chi connectivity index (χ3v) is 6.61. The molecule has 0 spiro atoms. The SMILES string of the molecule is Cc1cc(S(=O)(=O)NC2CCNC2)sc1Br.Cl. The first-order chi connectivity index (χ1) is 7.49. The normalized spacial score (nSPS) is 20.2. The first-order valence-electron chi connectivity index (χ1n) is 4.98. The fraction of sp³-hybridized carbons (Fsp3) is 0.556. The molecule has 1 aliphatic heterocycles. The minimum atomic E-state index is -3.35. The van der Waals surface area contributed by atoms with Crippen LogP contribution in [0.3, 0.4) is 0 Å². The number of halogens is 2. The maximum Gasteiger partial charge on any atom is 0.250 e. The fourth-order valence-electron chi connectivity index (χ4n) is 1.60. The van der Waals surface area contributed by atoms with Crippen molar-refractivity contribution in [1.82, 2.24) is 10.0 Å². The van der Waals surface area contributed by atoms with Crippen LogP contribution in [0.1, 0.15) is 12.0 Å². The monoisotopic (exact) mass is 360 g/mol. The molecular weight excluding hydrogens is 348 g/mol. The average Bonchev–Trinajstić information content (AvgIpc) is 2.78. The van der Waals surface area contributed by atoms with Gasteiger partial charge < -0.3 is 5.32 Å². The van der Waals surface area contributed by atoms with Crippen LogP contribution in [-0.2, 0) is 10.0 Å². The molecular formula is C9H14BrClN2O2S2. The number of rotatable bonds is 3. The maximum atomic E-state index is 12.0. The molecule has 2 heterocycles. The number of hydrogen-bond donors (Lipinski definition) is 2. The van der Waals surface area contributed by atoms with Gasteiger partial charge in [0.2, 0.25) is 10.0 Å². The third kappa shape index (κ3) is 3.65. The molecule has 1 atom stereocenters. The van der Waals surface area contributed by atoms with Crippen molar-refractivity contribution in [2.75, 3.05) is 13.1 Å². The largest absolute Gasteiger partial charge is 0.315 e. The first kappa shape index (κ1) is 15.4. The number of aryl methyl sites for hydroxylation is 1. The highest BCUT2D eigenvalue weighted by Crippen LogP contribution is 2.30. The van der Waals surface area contributed by atoms with Crippen LogP contribution in [0.15, 0.2) is 14.1 Å². The molecule has 0 saturated carbocycles. The van der Waals surface area contributed by atoms with Crippen molar-refractivity contribution in [3.05, 3.63) is 15.4 Å². The number of hydrogen-bond acceptors (Lipinski definition) is 4. The van der Waals surface area contributed by atoms with E-state index in [-0.39, 0.29) is 18.4 Å². The van der Waals surface area contributed by atoms with Gasteiger partial charge in [0.05, 0.1) is 3.79 Å². The Kier molecular flexibility index (Phi) is 5.42. The molecule has 2 N–H and O–H groups in total. The zero-order valence-electron chi connectivity index (χ0n) is 9.20. The van der Waals surface area contributed by atoms with Gasteiger partial charge in [-0.2, -0.15) is 0 Å². The third-order valence-electron chi connectivity index (χ3n) is 2.48. The van der Waals surface area contributed by atoms with Crippen LogP contribution in [0.4, 0.5) is 0 Å². The van der Waals surface area contributed by atoms with E-state index in [9.17, 15) is 8.42 Å². The fourth-order valence-corrected chi connectivity index (χ4v) is 5.11. The van der Waals surface area contributed by atoms with Gasteiger partial charge in [0, 0.05) is 12.6 Å². The molecule has 4 nitrogen and oxygen atoms in total.